The molecule has 2 fully saturated rings. The molecule has 0 aliphatic heterocycles. The van der Waals surface area contributed by atoms with Gasteiger partial charge in [0, 0.05) is 23.3 Å². The Kier molecular flexibility index (Phi) is 3.66. The van der Waals surface area contributed by atoms with Crippen LogP contribution in [0, 0.1) is 6.92 Å². The van der Waals surface area contributed by atoms with Crippen molar-refractivity contribution in [1.82, 2.24) is 19.7 Å². The molecule has 0 unspecified atom stereocenters. The Balaban J connectivity index is 1.36. The molecule has 0 bridgehead atoms. The molecular weight excluding hydrogens is 332 g/mol. The predicted octanol–water partition coefficient (Wildman–Crippen LogP) is 4.75. The highest BCUT2D eigenvalue weighted by Crippen LogP contribution is 2.46. The SMILES string of the molecule is Cc1oc(-c2ccccc2)nc1CSc1nnc(C2CC2)n1C1CC1. The molecule has 0 spiro atoms. The molecule has 0 saturated heterocycles. The van der Waals surface area contributed by atoms with E-state index in [9.17, 15) is 0 Å². The van der Waals surface area contributed by atoms with E-state index in [0.29, 0.717) is 17.9 Å². The van der Waals surface area contributed by atoms with Crippen LogP contribution in [0.1, 0.15) is 54.9 Å². The minimum absolute atomic E-state index is 0.617. The first-order chi connectivity index (χ1) is 12.3. The average Bonchev–Trinajstić information content (AvgIpc) is 3.57. The molecule has 0 radical (unpaired) electrons. The Labute approximate surface area is 150 Å². The Morgan fingerprint density at radius 3 is 2.64 bits per heavy atom. The number of benzene rings is 1. The van der Waals surface area contributed by atoms with Crippen molar-refractivity contribution in [3.8, 4) is 11.5 Å². The van der Waals surface area contributed by atoms with Gasteiger partial charge in [0.25, 0.3) is 0 Å². The van der Waals surface area contributed by atoms with E-state index in [1.807, 2.05) is 37.3 Å². The summed E-state index contributed by atoms with van der Waals surface area (Å²) in [6, 6.07) is 10.7. The van der Waals surface area contributed by atoms with Gasteiger partial charge in [0.2, 0.25) is 5.89 Å². The van der Waals surface area contributed by atoms with Crippen molar-refractivity contribution in [2.24, 2.45) is 0 Å². The molecule has 1 aromatic carbocycles. The van der Waals surface area contributed by atoms with Crippen LogP contribution in [0.25, 0.3) is 11.5 Å². The van der Waals surface area contributed by atoms with Crippen LogP contribution in [-0.2, 0) is 5.75 Å². The van der Waals surface area contributed by atoms with Crippen LogP contribution < -0.4 is 0 Å². The molecule has 0 amide bonds. The summed E-state index contributed by atoms with van der Waals surface area (Å²) in [5, 5.41) is 9.98. The average molecular weight is 352 g/mol. The number of hydrogen-bond donors (Lipinski definition) is 0. The van der Waals surface area contributed by atoms with Crippen LogP contribution in [0.5, 0.6) is 0 Å². The fourth-order valence-corrected chi connectivity index (χ4v) is 4.10. The van der Waals surface area contributed by atoms with Crippen molar-refractivity contribution in [2.45, 2.75) is 55.5 Å². The molecule has 25 heavy (non-hydrogen) atoms. The van der Waals surface area contributed by atoms with E-state index in [4.69, 9.17) is 9.40 Å². The number of oxazole rings is 1. The summed E-state index contributed by atoms with van der Waals surface area (Å²) in [6.45, 7) is 1.98. The monoisotopic (exact) mass is 352 g/mol. The van der Waals surface area contributed by atoms with E-state index in [-0.39, 0.29) is 0 Å². The zero-order chi connectivity index (χ0) is 16.8. The second kappa shape index (κ2) is 6.02. The topological polar surface area (TPSA) is 56.7 Å². The zero-order valence-electron chi connectivity index (χ0n) is 14.2. The van der Waals surface area contributed by atoms with E-state index in [2.05, 4.69) is 14.8 Å². The third kappa shape index (κ3) is 2.99. The summed E-state index contributed by atoms with van der Waals surface area (Å²) >= 11 is 1.72. The van der Waals surface area contributed by atoms with Gasteiger partial charge in [-0.1, -0.05) is 30.0 Å². The van der Waals surface area contributed by atoms with Crippen molar-refractivity contribution in [1.29, 1.82) is 0 Å². The summed E-state index contributed by atoms with van der Waals surface area (Å²) in [5.41, 5.74) is 2.00. The molecule has 2 heterocycles. The van der Waals surface area contributed by atoms with Gasteiger partial charge in [0.15, 0.2) is 5.16 Å². The lowest BCUT2D eigenvalue weighted by molar-refractivity contribution is 0.540. The first-order valence-corrected chi connectivity index (χ1v) is 9.87. The van der Waals surface area contributed by atoms with Crippen LogP contribution in [0.4, 0.5) is 0 Å². The van der Waals surface area contributed by atoms with E-state index in [0.717, 1.165) is 27.9 Å². The standard InChI is InChI=1S/C19H20N4OS/c1-12-16(20-18(24-12)14-5-3-2-4-6-14)11-25-19-22-21-17(13-7-8-13)23(19)15-9-10-15/h2-6,13,15H,7-11H2,1H3. The molecule has 2 saturated carbocycles. The maximum absolute atomic E-state index is 5.87. The summed E-state index contributed by atoms with van der Waals surface area (Å²) in [5.74, 6) is 4.17. The smallest absolute Gasteiger partial charge is 0.226 e. The fraction of sp³-hybridized carbons (Fsp3) is 0.421. The van der Waals surface area contributed by atoms with Gasteiger partial charge in [-0.2, -0.15) is 0 Å². The van der Waals surface area contributed by atoms with Gasteiger partial charge in [0.1, 0.15) is 11.6 Å². The van der Waals surface area contributed by atoms with Crippen LogP contribution in [0.2, 0.25) is 0 Å². The van der Waals surface area contributed by atoms with Crippen LogP contribution in [0.15, 0.2) is 39.9 Å². The second-order valence-electron chi connectivity index (χ2n) is 6.89. The number of rotatable bonds is 6. The van der Waals surface area contributed by atoms with Gasteiger partial charge in [-0.25, -0.2) is 4.98 Å². The summed E-state index contributed by atoms with van der Waals surface area (Å²) in [4.78, 5) is 4.69. The first-order valence-electron chi connectivity index (χ1n) is 8.89. The lowest BCUT2D eigenvalue weighted by atomic mass is 10.2. The maximum Gasteiger partial charge on any atom is 0.226 e. The lowest BCUT2D eigenvalue weighted by Crippen LogP contribution is -2.02. The van der Waals surface area contributed by atoms with Crippen LogP contribution in [-0.4, -0.2) is 19.7 Å². The fourth-order valence-electron chi connectivity index (χ4n) is 3.08. The van der Waals surface area contributed by atoms with Gasteiger partial charge in [-0.15, -0.1) is 10.2 Å². The van der Waals surface area contributed by atoms with Gasteiger partial charge in [0.05, 0.1) is 5.69 Å². The van der Waals surface area contributed by atoms with Gasteiger partial charge < -0.3 is 8.98 Å². The van der Waals surface area contributed by atoms with Crippen molar-refractivity contribution in [3.63, 3.8) is 0 Å². The Morgan fingerprint density at radius 2 is 1.92 bits per heavy atom. The summed E-state index contributed by atoms with van der Waals surface area (Å²) < 4.78 is 8.25. The highest BCUT2D eigenvalue weighted by Gasteiger charge is 2.36. The first kappa shape index (κ1) is 15.2. The number of thioether (sulfide) groups is 1. The molecule has 2 aliphatic carbocycles. The minimum Gasteiger partial charge on any atom is -0.441 e. The molecule has 0 N–H and O–H groups in total. The van der Waals surface area contributed by atoms with Crippen molar-refractivity contribution in [3.05, 3.63) is 47.6 Å². The molecule has 2 aromatic heterocycles. The number of aromatic nitrogens is 4. The number of hydrogen-bond acceptors (Lipinski definition) is 5. The Morgan fingerprint density at radius 1 is 1.12 bits per heavy atom. The van der Waals surface area contributed by atoms with E-state index in [1.165, 1.54) is 31.5 Å². The van der Waals surface area contributed by atoms with Crippen LogP contribution in [0.3, 0.4) is 0 Å². The summed E-state index contributed by atoms with van der Waals surface area (Å²) in [6.07, 6.45) is 5.04. The van der Waals surface area contributed by atoms with Crippen molar-refractivity contribution in [2.75, 3.05) is 0 Å². The molecule has 128 valence electrons. The van der Waals surface area contributed by atoms with E-state index in [1.54, 1.807) is 11.8 Å². The number of aryl methyl sites for hydroxylation is 1. The highest BCUT2D eigenvalue weighted by atomic mass is 32.2. The molecule has 5 rings (SSSR count). The Bertz CT molecular complexity index is 894. The molecular formula is C19H20N4OS. The molecule has 0 atom stereocenters. The van der Waals surface area contributed by atoms with E-state index < -0.39 is 0 Å². The second-order valence-corrected chi connectivity index (χ2v) is 7.84. The van der Waals surface area contributed by atoms with Gasteiger partial charge in [-0.05, 0) is 44.7 Å². The van der Waals surface area contributed by atoms with Crippen LogP contribution >= 0.6 is 11.8 Å². The van der Waals surface area contributed by atoms with Crippen molar-refractivity contribution < 1.29 is 4.42 Å². The zero-order valence-corrected chi connectivity index (χ0v) is 15.0. The normalized spacial score (nSPS) is 17.2. The molecule has 3 aromatic rings. The lowest BCUT2D eigenvalue weighted by Gasteiger charge is -2.07. The molecule has 2 aliphatic rings. The molecule has 5 nitrogen and oxygen atoms in total. The maximum atomic E-state index is 5.87. The number of nitrogens with zero attached hydrogens (tertiary/aromatic N) is 4. The third-order valence-electron chi connectivity index (χ3n) is 4.80. The summed E-state index contributed by atoms with van der Waals surface area (Å²) in [7, 11) is 0. The highest BCUT2D eigenvalue weighted by molar-refractivity contribution is 7.98. The predicted molar refractivity (Wildman–Crippen MR) is 96.5 cm³/mol. The largest absolute Gasteiger partial charge is 0.441 e. The van der Waals surface area contributed by atoms with Gasteiger partial charge in [-0.3, -0.25) is 0 Å². The van der Waals surface area contributed by atoms with Gasteiger partial charge >= 0.3 is 0 Å². The minimum atomic E-state index is 0.617. The Hall–Kier alpha value is -2.08. The van der Waals surface area contributed by atoms with Crippen molar-refractivity contribution >= 4 is 11.8 Å². The quantitative estimate of drug-likeness (QED) is 0.599. The third-order valence-corrected chi connectivity index (χ3v) is 5.75. The van der Waals surface area contributed by atoms with E-state index >= 15 is 0 Å². The molecule has 6 heteroatoms.